The van der Waals surface area contributed by atoms with Crippen LogP contribution in [0.2, 0.25) is 0 Å². The zero-order valence-corrected chi connectivity index (χ0v) is 18.1. The maximum Gasteiger partial charge on any atom is 0.320 e. The summed E-state index contributed by atoms with van der Waals surface area (Å²) in [5.74, 6) is 0.872. The first-order chi connectivity index (χ1) is 15.2. The molecule has 3 aromatic rings. The molecule has 1 heterocycles. The Morgan fingerprint density at radius 1 is 1.16 bits per heavy atom. The summed E-state index contributed by atoms with van der Waals surface area (Å²) in [5, 5.41) is 13.6. The number of carbonyl (C=O) groups excluding carboxylic acids is 1. The SMILES string of the molecule is Cl.N#Cc1cc(-c2nc(-c3ccc(COC(=O)CN)cc3)no2)ccc1OC1CCCC1. The Balaban J connectivity index is 0.00000289. The van der Waals surface area contributed by atoms with Crippen molar-refractivity contribution >= 4 is 18.4 Å². The standard InChI is InChI=1S/C23H22N4O4.ClH/c24-12-18-11-17(9-10-20(18)30-19-3-1-2-4-19)23-26-22(27-31-23)16-7-5-15(6-8-16)14-29-21(28)13-25;/h5-11,19H,1-4,13-14,25H2;1H. The number of ether oxygens (including phenoxy) is 2. The zero-order chi connectivity index (χ0) is 21.6. The van der Waals surface area contributed by atoms with Crippen LogP contribution in [0.4, 0.5) is 0 Å². The fraction of sp³-hybridized carbons (Fsp3) is 0.304. The first-order valence-corrected chi connectivity index (χ1v) is 10.2. The van der Waals surface area contributed by atoms with Crippen LogP contribution < -0.4 is 10.5 Å². The van der Waals surface area contributed by atoms with Gasteiger partial charge in [-0.3, -0.25) is 4.79 Å². The number of nitriles is 1. The van der Waals surface area contributed by atoms with Crippen LogP contribution in [0.5, 0.6) is 5.75 Å². The molecule has 0 bridgehead atoms. The van der Waals surface area contributed by atoms with Gasteiger partial charge in [0, 0.05) is 11.1 Å². The van der Waals surface area contributed by atoms with Crippen LogP contribution in [0.25, 0.3) is 22.8 Å². The first kappa shape index (κ1) is 23.3. The Morgan fingerprint density at radius 3 is 2.56 bits per heavy atom. The van der Waals surface area contributed by atoms with Crippen LogP contribution >= 0.6 is 12.4 Å². The van der Waals surface area contributed by atoms with Gasteiger partial charge in [0.05, 0.1) is 18.2 Å². The molecule has 1 aromatic heterocycles. The van der Waals surface area contributed by atoms with Gasteiger partial charge in [0.2, 0.25) is 5.82 Å². The molecule has 0 atom stereocenters. The van der Waals surface area contributed by atoms with Crippen LogP contribution in [0.15, 0.2) is 47.0 Å². The largest absolute Gasteiger partial charge is 0.489 e. The number of aromatic nitrogens is 2. The third kappa shape index (κ3) is 5.44. The highest BCUT2D eigenvalue weighted by molar-refractivity contribution is 5.85. The lowest BCUT2D eigenvalue weighted by molar-refractivity contribution is -0.143. The van der Waals surface area contributed by atoms with E-state index in [-0.39, 0.29) is 31.7 Å². The summed E-state index contributed by atoms with van der Waals surface area (Å²) in [6.45, 7) is 0.00490. The fourth-order valence-corrected chi connectivity index (χ4v) is 3.47. The number of benzene rings is 2. The van der Waals surface area contributed by atoms with E-state index in [1.165, 1.54) is 0 Å². The van der Waals surface area contributed by atoms with Crippen molar-refractivity contribution in [2.24, 2.45) is 5.73 Å². The van der Waals surface area contributed by atoms with Crippen LogP contribution in [0, 0.1) is 11.3 Å². The molecule has 1 aliphatic carbocycles. The Morgan fingerprint density at radius 2 is 1.88 bits per heavy atom. The Hall–Kier alpha value is -3.41. The van der Waals surface area contributed by atoms with Crippen molar-refractivity contribution in [1.82, 2.24) is 10.1 Å². The minimum absolute atomic E-state index is 0. The van der Waals surface area contributed by atoms with Crippen molar-refractivity contribution in [2.75, 3.05) is 6.54 Å². The summed E-state index contributed by atoms with van der Waals surface area (Å²) in [5.41, 5.74) is 7.90. The average molecular weight is 455 g/mol. The van der Waals surface area contributed by atoms with Crippen LogP contribution in [0.3, 0.4) is 0 Å². The quantitative estimate of drug-likeness (QED) is 0.530. The summed E-state index contributed by atoms with van der Waals surface area (Å²) >= 11 is 0. The smallest absolute Gasteiger partial charge is 0.320 e. The van der Waals surface area contributed by atoms with E-state index in [0.29, 0.717) is 28.6 Å². The Bertz CT molecular complexity index is 1100. The minimum atomic E-state index is -0.455. The molecule has 1 aliphatic rings. The van der Waals surface area contributed by atoms with Gasteiger partial charge < -0.3 is 19.7 Å². The monoisotopic (exact) mass is 454 g/mol. The lowest BCUT2D eigenvalue weighted by atomic mass is 10.1. The van der Waals surface area contributed by atoms with Crippen LogP contribution in [-0.4, -0.2) is 28.8 Å². The number of carbonyl (C=O) groups is 1. The molecule has 166 valence electrons. The second kappa shape index (κ2) is 10.8. The summed E-state index contributed by atoms with van der Waals surface area (Å²) in [6.07, 6.45) is 4.54. The average Bonchev–Trinajstić information content (AvgIpc) is 3.50. The lowest BCUT2D eigenvalue weighted by Crippen LogP contribution is -2.16. The van der Waals surface area contributed by atoms with Crippen LogP contribution in [0.1, 0.15) is 36.8 Å². The highest BCUT2D eigenvalue weighted by Gasteiger charge is 2.19. The van der Waals surface area contributed by atoms with E-state index in [0.717, 1.165) is 36.8 Å². The molecule has 32 heavy (non-hydrogen) atoms. The van der Waals surface area contributed by atoms with Crippen molar-refractivity contribution in [1.29, 1.82) is 5.26 Å². The van der Waals surface area contributed by atoms with Gasteiger partial charge in [0.15, 0.2) is 0 Å². The summed E-state index contributed by atoms with van der Waals surface area (Å²) < 4.78 is 16.4. The van der Waals surface area contributed by atoms with Gasteiger partial charge in [-0.05, 0) is 49.4 Å². The van der Waals surface area contributed by atoms with E-state index < -0.39 is 5.97 Å². The van der Waals surface area contributed by atoms with Crippen molar-refractivity contribution in [3.05, 3.63) is 53.6 Å². The molecule has 1 saturated carbocycles. The number of nitrogens with zero attached hydrogens (tertiary/aromatic N) is 3. The number of hydrogen-bond donors (Lipinski definition) is 1. The second-order valence-corrected chi connectivity index (χ2v) is 7.33. The third-order valence-electron chi connectivity index (χ3n) is 5.15. The molecule has 8 nitrogen and oxygen atoms in total. The van der Waals surface area contributed by atoms with Crippen molar-refractivity contribution in [2.45, 2.75) is 38.4 Å². The van der Waals surface area contributed by atoms with E-state index in [1.54, 1.807) is 12.1 Å². The van der Waals surface area contributed by atoms with E-state index >= 15 is 0 Å². The molecular weight excluding hydrogens is 432 g/mol. The summed E-state index contributed by atoms with van der Waals surface area (Å²) in [7, 11) is 0. The molecule has 2 N–H and O–H groups in total. The molecule has 0 radical (unpaired) electrons. The van der Waals surface area contributed by atoms with Gasteiger partial charge in [-0.1, -0.05) is 29.4 Å². The summed E-state index contributed by atoms with van der Waals surface area (Å²) in [4.78, 5) is 15.6. The lowest BCUT2D eigenvalue weighted by Gasteiger charge is -2.14. The first-order valence-electron chi connectivity index (χ1n) is 10.2. The Kier molecular flexibility index (Phi) is 7.82. The number of nitrogens with two attached hydrogens (primary N) is 1. The maximum atomic E-state index is 11.2. The van der Waals surface area contributed by atoms with Gasteiger partial charge in [-0.15, -0.1) is 12.4 Å². The van der Waals surface area contributed by atoms with Gasteiger partial charge in [-0.2, -0.15) is 10.2 Å². The molecular formula is C23H23ClN4O4. The zero-order valence-electron chi connectivity index (χ0n) is 17.3. The molecule has 4 rings (SSSR count). The predicted molar refractivity (Wildman–Crippen MR) is 119 cm³/mol. The van der Waals surface area contributed by atoms with E-state index in [2.05, 4.69) is 16.2 Å². The maximum absolute atomic E-state index is 11.2. The van der Waals surface area contributed by atoms with Gasteiger partial charge in [0.25, 0.3) is 5.89 Å². The second-order valence-electron chi connectivity index (χ2n) is 7.33. The van der Waals surface area contributed by atoms with Crippen molar-refractivity contribution < 1.29 is 18.8 Å². The molecule has 1 fully saturated rings. The molecule has 0 amide bonds. The highest BCUT2D eigenvalue weighted by Crippen LogP contribution is 2.30. The van der Waals surface area contributed by atoms with E-state index in [9.17, 15) is 10.1 Å². The molecule has 9 heteroatoms. The normalized spacial score (nSPS) is 13.2. The minimum Gasteiger partial charge on any atom is -0.489 e. The van der Waals surface area contributed by atoms with Gasteiger partial charge in [0.1, 0.15) is 18.4 Å². The number of halogens is 1. The predicted octanol–water partition coefficient (Wildman–Crippen LogP) is 4.02. The summed E-state index contributed by atoms with van der Waals surface area (Å²) in [6, 6.07) is 14.8. The van der Waals surface area contributed by atoms with Gasteiger partial charge >= 0.3 is 5.97 Å². The van der Waals surface area contributed by atoms with Crippen LogP contribution in [-0.2, 0) is 16.1 Å². The fourth-order valence-electron chi connectivity index (χ4n) is 3.47. The third-order valence-corrected chi connectivity index (χ3v) is 5.15. The van der Waals surface area contributed by atoms with Crippen molar-refractivity contribution in [3.8, 4) is 34.7 Å². The number of hydrogen-bond acceptors (Lipinski definition) is 8. The molecule has 2 aromatic carbocycles. The topological polar surface area (TPSA) is 124 Å². The Labute approximate surface area is 191 Å². The van der Waals surface area contributed by atoms with E-state index in [4.69, 9.17) is 19.7 Å². The molecule has 0 aliphatic heterocycles. The number of rotatable bonds is 7. The van der Waals surface area contributed by atoms with Gasteiger partial charge in [-0.25, -0.2) is 0 Å². The molecule has 0 saturated heterocycles. The molecule has 0 spiro atoms. The number of esters is 1. The van der Waals surface area contributed by atoms with E-state index in [1.807, 2.05) is 30.3 Å². The van der Waals surface area contributed by atoms with Crippen molar-refractivity contribution in [3.63, 3.8) is 0 Å². The highest BCUT2D eigenvalue weighted by atomic mass is 35.5. The molecule has 0 unspecified atom stereocenters.